The zero-order chi connectivity index (χ0) is 19.9. The number of nitrogens with one attached hydrogen (secondary N) is 2. The van der Waals surface area contributed by atoms with Crippen molar-refractivity contribution in [2.24, 2.45) is 5.41 Å². The second-order valence-electron chi connectivity index (χ2n) is 7.57. The minimum absolute atomic E-state index is 0.00812. The van der Waals surface area contributed by atoms with Crippen molar-refractivity contribution in [2.75, 3.05) is 6.54 Å². The van der Waals surface area contributed by atoms with Crippen LogP contribution in [0.5, 0.6) is 0 Å². The molecule has 27 heavy (non-hydrogen) atoms. The summed E-state index contributed by atoms with van der Waals surface area (Å²) in [4.78, 5) is 24.3. The lowest BCUT2D eigenvalue weighted by atomic mass is 9.96. The molecule has 0 aliphatic heterocycles. The van der Waals surface area contributed by atoms with Crippen LogP contribution in [0.4, 0.5) is 0 Å². The van der Waals surface area contributed by atoms with Crippen LogP contribution >= 0.6 is 11.6 Å². The maximum atomic E-state index is 12.5. The lowest BCUT2D eigenvalue weighted by Crippen LogP contribution is -2.36. The molecule has 0 aliphatic carbocycles. The normalized spacial score (nSPS) is 12.3. The van der Waals surface area contributed by atoms with Crippen LogP contribution in [0.15, 0.2) is 54.6 Å². The number of carbonyl (C=O) groups is 2. The molecule has 2 rings (SSSR count). The number of carbonyl (C=O) groups excluding carboxylic acids is 2. The third-order valence-electron chi connectivity index (χ3n) is 4.19. The van der Waals surface area contributed by atoms with Crippen LogP contribution < -0.4 is 10.6 Å². The standard InChI is InChI=1S/C22H27ClN2O2/c1-22(2,3)21(27)24-15-7-10-19(26)25-20(16-8-5-4-6-9-16)17-11-13-18(23)14-12-17/h4-6,8-9,11-14,20H,7,10,15H2,1-3H3,(H,24,27)(H,25,26). The maximum absolute atomic E-state index is 12.5. The van der Waals surface area contributed by atoms with E-state index in [1.807, 2.05) is 75.4 Å². The van der Waals surface area contributed by atoms with E-state index in [-0.39, 0.29) is 17.9 Å². The Kier molecular flexibility index (Phi) is 7.43. The Morgan fingerprint density at radius 3 is 2.15 bits per heavy atom. The zero-order valence-corrected chi connectivity index (χ0v) is 16.8. The van der Waals surface area contributed by atoms with Crippen molar-refractivity contribution in [3.63, 3.8) is 0 Å². The summed E-state index contributed by atoms with van der Waals surface area (Å²) >= 11 is 5.99. The molecule has 2 aromatic carbocycles. The summed E-state index contributed by atoms with van der Waals surface area (Å²) in [7, 11) is 0. The zero-order valence-electron chi connectivity index (χ0n) is 16.1. The maximum Gasteiger partial charge on any atom is 0.225 e. The first kappa shape index (κ1) is 21.0. The van der Waals surface area contributed by atoms with Gasteiger partial charge in [0.25, 0.3) is 0 Å². The van der Waals surface area contributed by atoms with Crippen LogP contribution in [0.1, 0.15) is 50.8 Å². The first-order valence-electron chi connectivity index (χ1n) is 9.15. The summed E-state index contributed by atoms with van der Waals surface area (Å²) in [5, 5.41) is 6.62. The minimum Gasteiger partial charge on any atom is -0.356 e. The molecule has 0 bridgehead atoms. The molecule has 0 aliphatic rings. The number of hydrogen-bond acceptors (Lipinski definition) is 2. The van der Waals surface area contributed by atoms with E-state index in [0.717, 1.165) is 11.1 Å². The number of rotatable bonds is 7. The average Bonchev–Trinajstić information content (AvgIpc) is 2.64. The Morgan fingerprint density at radius 1 is 0.963 bits per heavy atom. The molecule has 0 fully saturated rings. The third-order valence-corrected chi connectivity index (χ3v) is 4.44. The van der Waals surface area contributed by atoms with Gasteiger partial charge in [-0.2, -0.15) is 0 Å². The van der Waals surface area contributed by atoms with E-state index in [4.69, 9.17) is 11.6 Å². The van der Waals surface area contributed by atoms with Gasteiger partial charge >= 0.3 is 0 Å². The monoisotopic (exact) mass is 386 g/mol. The van der Waals surface area contributed by atoms with Crippen LogP contribution in [-0.4, -0.2) is 18.4 Å². The number of benzene rings is 2. The topological polar surface area (TPSA) is 58.2 Å². The Bertz CT molecular complexity index is 752. The molecule has 2 N–H and O–H groups in total. The summed E-state index contributed by atoms with van der Waals surface area (Å²) in [6.07, 6.45) is 0.942. The lowest BCUT2D eigenvalue weighted by molar-refractivity contribution is -0.128. The van der Waals surface area contributed by atoms with Crippen LogP contribution in [0.2, 0.25) is 5.02 Å². The van der Waals surface area contributed by atoms with Crippen molar-refractivity contribution in [3.8, 4) is 0 Å². The minimum atomic E-state index is -0.421. The van der Waals surface area contributed by atoms with Crippen molar-refractivity contribution >= 4 is 23.4 Å². The SMILES string of the molecule is CC(C)(C)C(=O)NCCCC(=O)NC(c1ccccc1)c1ccc(Cl)cc1. The highest BCUT2D eigenvalue weighted by atomic mass is 35.5. The van der Waals surface area contributed by atoms with Gasteiger partial charge in [-0.3, -0.25) is 9.59 Å². The molecule has 1 unspecified atom stereocenters. The number of amides is 2. The van der Waals surface area contributed by atoms with E-state index < -0.39 is 5.41 Å². The number of hydrogen-bond donors (Lipinski definition) is 2. The largest absolute Gasteiger partial charge is 0.356 e. The molecule has 144 valence electrons. The first-order valence-corrected chi connectivity index (χ1v) is 9.53. The van der Waals surface area contributed by atoms with Gasteiger partial charge in [-0.25, -0.2) is 0 Å². The summed E-state index contributed by atoms with van der Waals surface area (Å²) in [6, 6.07) is 17.1. The highest BCUT2D eigenvalue weighted by Gasteiger charge is 2.20. The van der Waals surface area contributed by atoms with Gasteiger partial charge in [0.2, 0.25) is 11.8 Å². The first-order chi connectivity index (χ1) is 12.8. The molecule has 2 aromatic rings. The van der Waals surface area contributed by atoms with Gasteiger partial charge in [0.15, 0.2) is 0 Å². The molecule has 5 heteroatoms. The van der Waals surface area contributed by atoms with Crippen LogP contribution in [0.3, 0.4) is 0 Å². The molecular weight excluding hydrogens is 360 g/mol. The molecule has 2 amide bonds. The van der Waals surface area contributed by atoms with Crippen molar-refractivity contribution in [1.82, 2.24) is 10.6 Å². The Labute approximate surface area is 166 Å². The average molecular weight is 387 g/mol. The van der Waals surface area contributed by atoms with Crippen LogP contribution in [0.25, 0.3) is 0 Å². The van der Waals surface area contributed by atoms with E-state index in [0.29, 0.717) is 24.4 Å². The van der Waals surface area contributed by atoms with E-state index in [1.165, 1.54) is 0 Å². The fourth-order valence-electron chi connectivity index (χ4n) is 2.61. The predicted octanol–water partition coefficient (Wildman–Crippen LogP) is 4.49. The van der Waals surface area contributed by atoms with Gasteiger partial charge in [0, 0.05) is 23.4 Å². The van der Waals surface area contributed by atoms with Gasteiger partial charge < -0.3 is 10.6 Å². The summed E-state index contributed by atoms with van der Waals surface area (Å²) < 4.78 is 0. The molecule has 0 spiro atoms. The fourth-order valence-corrected chi connectivity index (χ4v) is 2.74. The second kappa shape index (κ2) is 9.56. The fraction of sp³-hybridized carbons (Fsp3) is 0.364. The lowest BCUT2D eigenvalue weighted by Gasteiger charge is -2.20. The third kappa shape index (κ3) is 6.72. The van der Waals surface area contributed by atoms with Crippen molar-refractivity contribution in [1.29, 1.82) is 0 Å². The summed E-state index contributed by atoms with van der Waals surface area (Å²) in [5.41, 5.74) is 1.56. The van der Waals surface area contributed by atoms with Crippen molar-refractivity contribution in [2.45, 2.75) is 39.7 Å². The highest BCUT2D eigenvalue weighted by molar-refractivity contribution is 6.30. The van der Waals surface area contributed by atoms with Crippen LogP contribution in [-0.2, 0) is 9.59 Å². The molecule has 0 heterocycles. The highest BCUT2D eigenvalue weighted by Crippen LogP contribution is 2.23. The predicted molar refractivity (Wildman–Crippen MR) is 110 cm³/mol. The molecule has 1 atom stereocenters. The van der Waals surface area contributed by atoms with E-state index in [1.54, 1.807) is 0 Å². The Balaban J connectivity index is 1.96. The second-order valence-corrected chi connectivity index (χ2v) is 8.01. The van der Waals surface area contributed by atoms with E-state index in [2.05, 4.69) is 10.6 Å². The smallest absolute Gasteiger partial charge is 0.225 e. The van der Waals surface area contributed by atoms with Gasteiger partial charge in [-0.15, -0.1) is 0 Å². The quantitative estimate of drug-likeness (QED) is 0.689. The molecule has 0 saturated heterocycles. The summed E-state index contributed by atoms with van der Waals surface area (Å²) in [5.74, 6) is -0.0601. The molecular formula is C22H27ClN2O2. The molecule has 0 radical (unpaired) electrons. The Morgan fingerprint density at radius 2 is 1.56 bits per heavy atom. The van der Waals surface area contributed by atoms with Crippen molar-refractivity contribution in [3.05, 3.63) is 70.7 Å². The van der Waals surface area contributed by atoms with Gasteiger partial charge in [-0.1, -0.05) is 74.8 Å². The van der Waals surface area contributed by atoms with Gasteiger partial charge in [0.05, 0.1) is 6.04 Å². The van der Waals surface area contributed by atoms with Gasteiger partial charge in [0.1, 0.15) is 0 Å². The van der Waals surface area contributed by atoms with E-state index in [9.17, 15) is 9.59 Å². The Hall–Kier alpha value is -2.33. The molecule has 4 nitrogen and oxygen atoms in total. The van der Waals surface area contributed by atoms with Crippen LogP contribution in [0, 0.1) is 5.41 Å². The van der Waals surface area contributed by atoms with E-state index >= 15 is 0 Å². The summed E-state index contributed by atoms with van der Waals surface area (Å²) in [6.45, 7) is 6.09. The molecule has 0 aromatic heterocycles. The number of halogens is 1. The van der Waals surface area contributed by atoms with Crippen molar-refractivity contribution < 1.29 is 9.59 Å². The van der Waals surface area contributed by atoms with Gasteiger partial charge in [-0.05, 0) is 29.7 Å². The molecule has 0 saturated carbocycles.